The Morgan fingerprint density at radius 2 is 1.54 bits per heavy atom. The molecule has 0 spiro atoms. The van der Waals surface area contributed by atoms with Gasteiger partial charge in [-0.2, -0.15) is 0 Å². The van der Waals surface area contributed by atoms with Gasteiger partial charge in [0.15, 0.2) is 0 Å². The molecule has 1 aromatic heterocycles. The molecule has 26 heavy (non-hydrogen) atoms. The zero-order chi connectivity index (χ0) is 18.4. The summed E-state index contributed by atoms with van der Waals surface area (Å²) in [4.78, 5) is 29.5. The number of hydrogen-bond acceptors (Lipinski definition) is 3. The van der Waals surface area contributed by atoms with E-state index in [1.807, 2.05) is 37.3 Å². The number of amides is 2. The van der Waals surface area contributed by atoms with E-state index in [2.05, 4.69) is 15.6 Å². The van der Waals surface area contributed by atoms with Crippen molar-refractivity contribution >= 4 is 17.6 Å². The topological polar surface area (TPSA) is 71.1 Å². The van der Waals surface area contributed by atoms with Crippen LogP contribution in [0.2, 0.25) is 0 Å². The second-order valence-electron chi connectivity index (χ2n) is 5.89. The second-order valence-corrected chi connectivity index (χ2v) is 5.89. The zero-order valence-corrected chi connectivity index (χ0v) is 14.3. The molecule has 1 unspecified atom stereocenters. The highest BCUT2D eigenvalue weighted by Gasteiger charge is 2.23. The molecule has 0 bridgehead atoms. The number of carbonyl (C=O) groups excluding carboxylic acids is 2. The van der Waals surface area contributed by atoms with Gasteiger partial charge in [0.05, 0.1) is 0 Å². The molecule has 2 amide bonds. The average Bonchev–Trinajstić information content (AvgIpc) is 2.69. The molecule has 0 aliphatic rings. The third-order valence-electron chi connectivity index (χ3n) is 3.87. The number of carbonyl (C=O) groups is 2. The van der Waals surface area contributed by atoms with Crippen molar-refractivity contribution in [2.75, 3.05) is 5.32 Å². The SMILES string of the molecule is Cc1ccc(NC(=O)C(NC(=O)c2ccccc2)c2ccccc2)nc1. The number of nitrogens with zero attached hydrogens (tertiary/aromatic N) is 1. The monoisotopic (exact) mass is 345 g/mol. The van der Waals surface area contributed by atoms with Crippen LogP contribution in [0.25, 0.3) is 0 Å². The molecular formula is C21H19N3O2. The molecule has 0 fully saturated rings. The molecule has 2 aromatic carbocycles. The van der Waals surface area contributed by atoms with E-state index in [0.29, 0.717) is 16.9 Å². The fourth-order valence-corrected chi connectivity index (χ4v) is 2.49. The maximum atomic E-state index is 12.8. The molecule has 0 saturated carbocycles. The lowest BCUT2D eigenvalue weighted by Gasteiger charge is -2.19. The molecule has 130 valence electrons. The number of aryl methyl sites for hydroxylation is 1. The fraction of sp³-hybridized carbons (Fsp3) is 0.0952. The van der Waals surface area contributed by atoms with E-state index in [4.69, 9.17) is 0 Å². The number of benzene rings is 2. The minimum atomic E-state index is -0.827. The molecule has 2 N–H and O–H groups in total. The molecule has 3 aromatic rings. The Morgan fingerprint density at radius 1 is 0.885 bits per heavy atom. The summed E-state index contributed by atoms with van der Waals surface area (Å²) in [5, 5.41) is 5.56. The summed E-state index contributed by atoms with van der Waals surface area (Å²) >= 11 is 0. The third kappa shape index (κ3) is 4.33. The molecule has 5 heteroatoms. The van der Waals surface area contributed by atoms with Gasteiger partial charge >= 0.3 is 0 Å². The number of hydrogen-bond donors (Lipinski definition) is 2. The van der Waals surface area contributed by atoms with Crippen molar-refractivity contribution in [3.63, 3.8) is 0 Å². The van der Waals surface area contributed by atoms with E-state index in [-0.39, 0.29) is 11.8 Å². The summed E-state index contributed by atoms with van der Waals surface area (Å²) in [6.07, 6.45) is 1.68. The van der Waals surface area contributed by atoms with Crippen molar-refractivity contribution in [1.82, 2.24) is 10.3 Å². The van der Waals surface area contributed by atoms with E-state index in [1.54, 1.807) is 48.7 Å². The summed E-state index contributed by atoms with van der Waals surface area (Å²) in [7, 11) is 0. The van der Waals surface area contributed by atoms with Gasteiger partial charge in [-0.15, -0.1) is 0 Å². The predicted molar refractivity (Wildman–Crippen MR) is 101 cm³/mol. The summed E-state index contributed by atoms with van der Waals surface area (Å²) in [5.41, 5.74) is 2.19. The molecular weight excluding hydrogens is 326 g/mol. The van der Waals surface area contributed by atoms with Crippen LogP contribution in [0.3, 0.4) is 0 Å². The third-order valence-corrected chi connectivity index (χ3v) is 3.87. The first-order chi connectivity index (χ1) is 12.6. The van der Waals surface area contributed by atoms with Crippen LogP contribution in [0.5, 0.6) is 0 Å². The van der Waals surface area contributed by atoms with Gasteiger partial charge in [-0.05, 0) is 36.2 Å². The Kier molecular flexibility index (Phi) is 5.39. The molecule has 0 saturated heterocycles. The smallest absolute Gasteiger partial charge is 0.252 e. The van der Waals surface area contributed by atoms with Crippen LogP contribution in [-0.4, -0.2) is 16.8 Å². The Bertz CT molecular complexity index is 878. The van der Waals surface area contributed by atoms with Gasteiger partial charge in [-0.1, -0.05) is 54.6 Å². The number of rotatable bonds is 5. The fourth-order valence-electron chi connectivity index (χ4n) is 2.49. The van der Waals surface area contributed by atoms with Gasteiger partial charge in [-0.25, -0.2) is 4.98 Å². The quantitative estimate of drug-likeness (QED) is 0.743. The largest absolute Gasteiger partial charge is 0.336 e. The van der Waals surface area contributed by atoms with E-state index < -0.39 is 6.04 Å². The number of pyridine rings is 1. The van der Waals surface area contributed by atoms with E-state index in [9.17, 15) is 9.59 Å². The highest BCUT2D eigenvalue weighted by atomic mass is 16.2. The van der Waals surface area contributed by atoms with Gasteiger partial charge in [0, 0.05) is 11.8 Å². The van der Waals surface area contributed by atoms with Crippen LogP contribution < -0.4 is 10.6 Å². The molecule has 0 aliphatic carbocycles. The van der Waals surface area contributed by atoms with Crippen molar-refractivity contribution in [2.24, 2.45) is 0 Å². The minimum absolute atomic E-state index is 0.313. The van der Waals surface area contributed by atoms with E-state index in [1.165, 1.54) is 0 Å². The lowest BCUT2D eigenvalue weighted by atomic mass is 10.1. The minimum Gasteiger partial charge on any atom is -0.336 e. The van der Waals surface area contributed by atoms with E-state index in [0.717, 1.165) is 5.56 Å². The van der Waals surface area contributed by atoms with Gasteiger partial charge in [-0.3, -0.25) is 9.59 Å². The van der Waals surface area contributed by atoms with Gasteiger partial charge in [0.1, 0.15) is 11.9 Å². The summed E-state index contributed by atoms with van der Waals surface area (Å²) in [5.74, 6) is -0.223. The summed E-state index contributed by atoms with van der Waals surface area (Å²) in [6, 6.07) is 20.7. The molecule has 1 heterocycles. The first kappa shape index (κ1) is 17.4. The van der Waals surface area contributed by atoms with Crippen LogP contribution >= 0.6 is 0 Å². The van der Waals surface area contributed by atoms with Crippen molar-refractivity contribution in [3.05, 3.63) is 95.7 Å². The molecule has 5 nitrogen and oxygen atoms in total. The van der Waals surface area contributed by atoms with Crippen molar-refractivity contribution in [3.8, 4) is 0 Å². The molecule has 0 aliphatic heterocycles. The number of nitrogens with one attached hydrogen (secondary N) is 2. The normalized spacial score (nSPS) is 11.4. The average molecular weight is 345 g/mol. The highest BCUT2D eigenvalue weighted by Crippen LogP contribution is 2.16. The van der Waals surface area contributed by atoms with Crippen molar-refractivity contribution < 1.29 is 9.59 Å². The van der Waals surface area contributed by atoms with E-state index >= 15 is 0 Å². The van der Waals surface area contributed by atoms with Crippen LogP contribution in [-0.2, 0) is 4.79 Å². The molecule has 0 radical (unpaired) electrons. The molecule has 1 atom stereocenters. The Hall–Kier alpha value is -3.47. The second kappa shape index (κ2) is 8.07. The van der Waals surface area contributed by atoms with Crippen LogP contribution in [0.4, 0.5) is 5.82 Å². The van der Waals surface area contributed by atoms with Crippen LogP contribution in [0.1, 0.15) is 27.5 Å². The zero-order valence-electron chi connectivity index (χ0n) is 14.3. The maximum Gasteiger partial charge on any atom is 0.252 e. The Balaban J connectivity index is 1.82. The molecule has 3 rings (SSSR count). The van der Waals surface area contributed by atoms with Crippen LogP contribution in [0.15, 0.2) is 79.0 Å². The first-order valence-electron chi connectivity index (χ1n) is 8.28. The standard InChI is InChI=1S/C21H19N3O2/c1-15-12-13-18(22-14-15)23-21(26)19(16-8-4-2-5-9-16)24-20(25)17-10-6-3-7-11-17/h2-14,19H,1H3,(H,24,25)(H,22,23,26). The van der Waals surface area contributed by atoms with Gasteiger partial charge in [0.25, 0.3) is 11.8 Å². The van der Waals surface area contributed by atoms with Gasteiger partial charge in [0.2, 0.25) is 0 Å². The highest BCUT2D eigenvalue weighted by molar-refractivity contribution is 6.01. The number of anilines is 1. The maximum absolute atomic E-state index is 12.8. The van der Waals surface area contributed by atoms with Crippen molar-refractivity contribution in [2.45, 2.75) is 13.0 Å². The summed E-state index contributed by atoms with van der Waals surface area (Å²) < 4.78 is 0. The summed E-state index contributed by atoms with van der Waals surface area (Å²) in [6.45, 7) is 1.92. The predicted octanol–water partition coefficient (Wildman–Crippen LogP) is 3.50. The van der Waals surface area contributed by atoms with Gasteiger partial charge < -0.3 is 10.6 Å². The van der Waals surface area contributed by atoms with Crippen LogP contribution in [0, 0.1) is 6.92 Å². The van der Waals surface area contributed by atoms with Crippen molar-refractivity contribution in [1.29, 1.82) is 0 Å². The number of aromatic nitrogens is 1. The first-order valence-corrected chi connectivity index (χ1v) is 8.28. The Labute approximate surface area is 152 Å². The lowest BCUT2D eigenvalue weighted by Crippen LogP contribution is -2.37. The lowest BCUT2D eigenvalue weighted by molar-refractivity contribution is -0.118. The Morgan fingerprint density at radius 3 is 2.15 bits per heavy atom.